The van der Waals surface area contributed by atoms with Crippen LogP contribution in [0.3, 0.4) is 0 Å². The molecule has 4 nitrogen and oxygen atoms in total. The maximum atomic E-state index is 12.5. The summed E-state index contributed by atoms with van der Waals surface area (Å²) in [7, 11) is 0. The second-order valence-electron chi connectivity index (χ2n) is 9.03. The lowest BCUT2D eigenvalue weighted by Gasteiger charge is -2.44. The first-order valence-corrected chi connectivity index (χ1v) is 9.57. The van der Waals surface area contributed by atoms with E-state index in [0.717, 1.165) is 25.7 Å². The molecular formula is C19H34N2O2. The number of fused-ring (bicyclic) bond motifs is 2. The molecule has 3 rings (SSSR count). The minimum atomic E-state index is -0.399. The van der Waals surface area contributed by atoms with E-state index in [1.807, 2.05) is 25.7 Å². The lowest BCUT2D eigenvalue weighted by Crippen LogP contribution is -2.54. The monoisotopic (exact) mass is 322 g/mol. The fourth-order valence-electron chi connectivity index (χ4n) is 4.65. The number of nitrogens with zero attached hydrogens (tertiary/aromatic N) is 1. The van der Waals surface area contributed by atoms with Crippen molar-refractivity contribution in [3.8, 4) is 0 Å². The van der Waals surface area contributed by atoms with Gasteiger partial charge in [0.15, 0.2) is 0 Å². The summed E-state index contributed by atoms with van der Waals surface area (Å²) >= 11 is 0. The van der Waals surface area contributed by atoms with Crippen LogP contribution in [0.15, 0.2) is 0 Å². The quantitative estimate of drug-likeness (QED) is 0.847. The van der Waals surface area contributed by atoms with Crippen LogP contribution in [0.4, 0.5) is 4.79 Å². The molecule has 2 saturated heterocycles. The van der Waals surface area contributed by atoms with E-state index in [-0.39, 0.29) is 6.09 Å². The van der Waals surface area contributed by atoms with Crippen LogP contribution in [0, 0.1) is 5.41 Å². The van der Waals surface area contributed by atoms with E-state index in [1.54, 1.807) is 0 Å². The van der Waals surface area contributed by atoms with Gasteiger partial charge in [0.2, 0.25) is 0 Å². The predicted molar refractivity (Wildman–Crippen MR) is 92.5 cm³/mol. The molecule has 1 aliphatic carbocycles. The van der Waals surface area contributed by atoms with Crippen molar-refractivity contribution >= 4 is 6.09 Å². The fourth-order valence-corrected chi connectivity index (χ4v) is 4.65. The van der Waals surface area contributed by atoms with E-state index in [9.17, 15) is 4.79 Å². The second-order valence-corrected chi connectivity index (χ2v) is 9.03. The van der Waals surface area contributed by atoms with Crippen molar-refractivity contribution in [2.45, 2.75) is 103 Å². The van der Waals surface area contributed by atoms with Crippen molar-refractivity contribution in [2.75, 3.05) is 6.54 Å². The van der Waals surface area contributed by atoms with E-state index in [4.69, 9.17) is 4.74 Å². The number of carbonyl (C=O) groups is 1. The minimum Gasteiger partial charge on any atom is -0.444 e. The molecule has 0 radical (unpaired) electrons. The summed E-state index contributed by atoms with van der Waals surface area (Å²) in [5.74, 6) is 0. The average molecular weight is 322 g/mol. The molecule has 0 aromatic heterocycles. The van der Waals surface area contributed by atoms with Crippen molar-refractivity contribution in [3.63, 3.8) is 0 Å². The van der Waals surface area contributed by atoms with Gasteiger partial charge in [0, 0.05) is 24.7 Å². The Balaban J connectivity index is 1.53. The third-order valence-corrected chi connectivity index (χ3v) is 6.27. The number of piperidine rings is 1. The molecule has 3 fully saturated rings. The zero-order valence-electron chi connectivity index (χ0n) is 15.4. The van der Waals surface area contributed by atoms with Gasteiger partial charge in [0.25, 0.3) is 0 Å². The molecule has 23 heavy (non-hydrogen) atoms. The van der Waals surface area contributed by atoms with E-state index in [1.165, 1.54) is 32.2 Å². The SMILES string of the molecule is CCC1(CNC2CC3CCC(C2)N3C(=O)OC(C)(C)C)CCC1. The van der Waals surface area contributed by atoms with Crippen LogP contribution >= 0.6 is 0 Å². The van der Waals surface area contributed by atoms with Gasteiger partial charge in [-0.15, -0.1) is 0 Å². The van der Waals surface area contributed by atoms with Crippen LogP contribution in [-0.4, -0.2) is 41.3 Å². The predicted octanol–water partition coefficient (Wildman–Crippen LogP) is 4.09. The van der Waals surface area contributed by atoms with Crippen LogP contribution in [0.5, 0.6) is 0 Å². The Bertz CT molecular complexity index is 420. The van der Waals surface area contributed by atoms with Crippen molar-refractivity contribution in [1.82, 2.24) is 10.2 Å². The van der Waals surface area contributed by atoms with Gasteiger partial charge >= 0.3 is 6.09 Å². The summed E-state index contributed by atoms with van der Waals surface area (Å²) in [4.78, 5) is 14.5. The molecular weight excluding hydrogens is 288 g/mol. The number of rotatable bonds is 4. The zero-order valence-corrected chi connectivity index (χ0v) is 15.4. The highest BCUT2D eigenvalue weighted by Crippen LogP contribution is 2.44. The Morgan fingerprint density at radius 1 is 1.22 bits per heavy atom. The van der Waals surface area contributed by atoms with E-state index in [2.05, 4.69) is 12.2 Å². The third-order valence-electron chi connectivity index (χ3n) is 6.27. The van der Waals surface area contributed by atoms with Crippen LogP contribution in [0.2, 0.25) is 0 Å². The van der Waals surface area contributed by atoms with Gasteiger partial charge in [-0.1, -0.05) is 13.3 Å². The van der Waals surface area contributed by atoms with Crippen LogP contribution in [-0.2, 0) is 4.74 Å². The summed E-state index contributed by atoms with van der Waals surface area (Å²) in [6, 6.07) is 1.33. The molecule has 0 aromatic rings. The Morgan fingerprint density at radius 2 is 1.83 bits per heavy atom. The molecule has 2 unspecified atom stereocenters. The van der Waals surface area contributed by atoms with Crippen molar-refractivity contribution < 1.29 is 9.53 Å². The molecule has 2 heterocycles. The number of nitrogens with one attached hydrogen (secondary N) is 1. The Labute approximate surface area is 141 Å². The Kier molecular flexibility index (Phi) is 4.65. The molecule has 1 N–H and O–H groups in total. The van der Waals surface area contributed by atoms with Gasteiger partial charge < -0.3 is 15.0 Å². The van der Waals surface area contributed by atoms with Gasteiger partial charge in [-0.05, 0) is 71.1 Å². The first-order valence-electron chi connectivity index (χ1n) is 9.57. The lowest BCUT2D eigenvalue weighted by atomic mass is 9.67. The van der Waals surface area contributed by atoms with E-state index >= 15 is 0 Å². The highest BCUT2D eigenvalue weighted by Gasteiger charge is 2.45. The summed E-state index contributed by atoms with van der Waals surface area (Å²) in [6.07, 6.45) is 9.84. The topological polar surface area (TPSA) is 41.6 Å². The summed E-state index contributed by atoms with van der Waals surface area (Å²) in [5.41, 5.74) is 0.171. The maximum absolute atomic E-state index is 12.5. The largest absolute Gasteiger partial charge is 0.444 e. The van der Waals surface area contributed by atoms with Crippen LogP contribution < -0.4 is 5.32 Å². The van der Waals surface area contributed by atoms with Crippen molar-refractivity contribution in [2.24, 2.45) is 5.41 Å². The summed E-state index contributed by atoms with van der Waals surface area (Å²) in [6.45, 7) is 9.34. The van der Waals surface area contributed by atoms with Gasteiger partial charge in [-0.25, -0.2) is 4.79 Å². The minimum absolute atomic E-state index is 0.104. The standard InChI is InChI=1S/C19H34N2O2/c1-5-19(9-6-10-19)13-20-14-11-15-7-8-16(12-14)21(15)17(22)23-18(2,3)4/h14-16,20H,5-13H2,1-4H3. The Morgan fingerprint density at radius 3 is 2.26 bits per heavy atom. The van der Waals surface area contributed by atoms with E-state index < -0.39 is 5.60 Å². The molecule has 0 spiro atoms. The number of ether oxygens (including phenoxy) is 1. The lowest BCUT2D eigenvalue weighted by molar-refractivity contribution is 0.00351. The molecule has 1 amide bonds. The van der Waals surface area contributed by atoms with Gasteiger partial charge in [0.05, 0.1) is 0 Å². The van der Waals surface area contributed by atoms with Gasteiger partial charge in [-0.2, -0.15) is 0 Å². The molecule has 2 bridgehead atoms. The number of amides is 1. The first-order chi connectivity index (χ1) is 10.8. The van der Waals surface area contributed by atoms with Crippen LogP contribution in [0.25, 0.3) is 0 Å². The molecule has 132 valence electrons. The van der Waals surface area contributed by atoms with Gasteiger partial charge in [-0.3, -0.25) is 0 Å². The van der Waals surface area contributed by atoms with E-state index in [0.29, 0.717) is 23.5 Å². The zero-order chi connectivity index (χ0) is 16.7. The fraction of sp³-hybridized carbons (Fsp3) is 0.947. The highest BCUT2D eigenvalue weighted by molar-refractivity contribution is 5.69. The van der Waals surface area contributed by atoms with Gasteiger partial charge in [0.1, 0.15) is 5.60 Å². The summed E-state index contributed by atoms with van der Waals surface area (Å²) < 4.78 is 5.62. The normalized spacial score (nSPS) is 32.5. The molecule has 1 saturated carbocycles. The second kappa shape index (κ2) is 6.27. The van der Waals surface area contributed by atoms with Crippen molar-refractivity contribution in [3.05, 3.63) is 0 Å². The summed E-state index contributed by atoms with van der Waals surface area (Å²) in [5, 5.41) is 3.85. The Hall–Kier alpha value is -0.770. The van der Waals surface area contributed by atoms with Crippen molar-refractivity contribution in [1.29, 1.82) is 0 Å². The molecule has 2 atom stereocenters. The molecule has 2 aliphatic heterocycles. The smallest absolute Gasteiger partial charge is 0.410 e. The third kappa shape index (κ3) is 3.67. The average Bonchev–Trinajstić information content (AvgIpc) is 2.68. The number of hydrogen-bond donors (Lipinski definition) is 1. The maximum Gasteiger partial charge on any atom is 0.410 e. The number of hydrogen-bond acceptors (Lipinski definition) is 3. The molecule has 3 aliphatic rings. The molecule has 4 heteroatoms. The highest BCUT2D eigenvalue weighted by atomic mass is 16.6. The number of carbonyl (C=O) groups excluding carboxylic acids is 1. The first kappa shape index (κ1) is 17.1. The van der Waals surface area contributed by atoms with Crippen LogP contribution in [0.1, 0.15) is 79.1 Å². The molecule has 0 aromatic carbocycles.